The largest absolute Gasteiger partial charge is 0.465 e. The van der Waals surface area contributed by atoms with Gasteiger partial charge < -0.3 is 4.42 Å². The second-order valence-corrected chi connectivity index (χ2v) is 4.65. The van der Waals surface area contributed by atoms with Crippen LogP contribution in [0.25, 0.3) is 6.08 Å². The summed E-state index contributed by atoms with van der Waals surface area (Å²) in [6.07, 6.45) is 6.45. The van der Waals surface area contributed by atoms with Gasteiger partial charge in [-0.3, -0.25) is 9.69 Å². The molecule has 0 amide bonds. The molecule has 1 aromatic rings. The second kappa shape index (κ2) is 3.59. The van der Waals surface area contributed by atoms with Gasteiger partial charge in [0.2, 0.25) is 0 Å². The monoisotopic (exact) mass is 217 g/mol. The lowest BCUT2D eigenvalue weighted by atomic mass is 9.95. The van der Waals surface area contributed by atoms with E-state index in [-0.39, 0.29) is 0 Å². The van der Waals surface area contributed by atoms with Gasteiger partial charge in [0.05, 0.1) is 6.26 Å². The summed E-state index contributed by atoms with van der Waals surface area (Å²) in [6.45, 7) is 0. The summed E-state index contributed by atoms with van der Waals surface area (Å²) in [4.78, 5) is 14.3. The third-order valence-corrected chi connectivity index (χ3v) is 3.78. The highest BCUT2D eigenvalue weighted by Gasteiger charge is 2.41. The van der Waals surface area contributed by atoms with Crippen LogP contribution in [-0.2, 0) is 4.79 Å². The molecule has 2 saturated heterocycles. The van der Waals surface area contributed by atoms with Crippen molar-refractivity contribution in [2.45, 2.75) is 31.3 Å². The van der Waals surface area contributed by atoms with Gasteiger partial charge in [-0.05, 0) is 38.1 Å². The fourth-order valence-electron chi connectivity index (χ4n) is 2.85. The number of furan rings is 1. The fourth-order valence-corrected chi connectivity index (χ4v) is 2.85. The van der Waals surface area contributed by atoms with Gasteiger partial charge in [0.1, 0.15) is 5.76 Å². The van der Waals surface area contributed by atoms with Crippen LogP contribution in [0.5, 0.6) is 0 Å². The quantitative estimate of drug-likeness (QED) is 0.675. The molecule has 0 radical (unpaired) electrons. The van der Waals surface area contributed by atoms with Crippen molar-refractivity contribution in [1.29, 1.82) is 0 Å². The van der Waals surface area contributed by atoms with E-state index in [4.69, 9.17) is 4.42 Å². The van der Waals surface area contributed by atoms with Crippen LogP contribution in [0.3, 0.4) is 0 Å². The number of carbonyl (C=O) groups excluding carboxylic acids is 1. The van der Waals surface area contributed by atoms with Crippen molar-refractivity contribution in [3.63, 3.8) is 0 Å². The van der Waals surface area contributed by atoms with E-state index < -0.39 is 0 Å². The average molecular weight is 217 g/mol. The molecule has 84 valence electrons. The number of ketones is 1. The molecule has 0 unspecified atom stereocenters. The van der Waals surface area contributed by atoms with E-state index >= 15 is 0 Å². The summed E-state index contributed by atoms with van der Waals surface area (Å²) in [7, 11) is 2.12. The van der Waals surface area contributed by atoms with E-state index in [0.717, 1.165) is 24.2 Å². The van der Waals surface area contributed by atoms with Crippen LogP contribution < -0.4 is 0 Å². The highest BCUT2D eigenvalue weighted by atomic mass is 16.3. The molecular weight excluding hydrogens is 202 g/mol. The smallest absolute Gasteiger partial charge is 0.162 e. The molecule has 0 saturated carbocycles. The Labute approximate surface area is 94.7 Å². The Morgan fingerprint density at radius 1 is 1.50 bits per heavy atom. The molecule has 3 heterocycles. The van der Waals surface area contributed by atoms with Crippen LogP contribution in [-0.4, -0.2) is 29.8 Å². The maximum absolute atomic E-state index is 12.0. The van der Waals surface area contributed by atoms with E-state index in [1.165, 1.54) is 0 Å². The van der Waals surface area contributed by atoms with Gasteiger partial charge in [-0.25, -0.2) is 0 Å². The molecule has 16 heavy (non-hydrogen) atoms. The van der Waals surface area contributed by atoms with Crippen molar-refractivity contribution < 1.29 is 9.21 Å². The molecule has 2 bridgehead atoms. The first-order valence-electron chi connectivity index (χ1n) is 5.76. The second-order valence-electron chi connectivity index (χ2n) is 4.65. The molecule has 3 nitrogen and oxygen atoms in total. The minimum absolute atomic E-state index is 0.294. The zero-order chi connectivity index (χ0) is 11.1. The Hall–Kier alpha value is -1.35. The van der Waals surface area contributed by atoms with Crippen molar-refractivity contribution >= 4 is 11.9 Å². The SMILES string of the molecule is CN1[C@H]2CC[C@@H]1/C(=C\c1ccco1)C(=O)C2. The lowest BCUT2D eigenvalue weighted by Gasteiger charge is -2.32. The zero-order valence-corrected chi connectivity index (χ0v) is 9.35. The third-order valence-electron chi connectivity index (χ3n) is 3.78. The van der Waals surface area contributed by atoms with E-state index in [0.29, 0.717) is 24.3 Å². The molecule has 2 aliphatic heterocycles. The first-order chi connectivity index (χ1) is 7.75. The van der Waals surface area contributed by atoms with Gasteiger partial charge in [-0.15, -0.1) is 0 Å². The molecule has 0 N–H and O–H groups in total. The van der Waals surface area contributed by atoms with Crippen molar-refractivity contribution in [2.24, 2.45) is 0 Å². The fraction of sp³-hybridized carbons (Fsp3) is 0.462. The van der Waals surface area contributed by atoms with E-state index in [9.17, 15) is 4.79 Å². The summed E-state index contributed by atoms with van der Waals surface area (Å²) >= 11 is 0. The van der Waals surface area contributed by atoms with E-state index in [2.05, 4.69) is 11.9 Å². The zero-order valence-electron chi connectivity index (χ0n) is 9.35. The third kappa shape index (κ3) is 1.43. The van der Waals surface area contributed by atoms with Crippen LogP contribution in [0.4, 0.5) is 0 Å². The summed E-state index contributed by atoms with van der Waals surface area (Å²) in [5.74, 6) is 1.07. The average Bonchev–Trinajstić information content (AvgIpc) is 2.83. The minimum Gasteiger partial charge on any atom is -0.465 e. The number of carbonyl (C=O) groups is 1. The number of piperidine rings is 1. The molecule has 2 aliphatic rings. The van der Waals surface area contributed by atoms with Gasteiger partial charge in [-0.2, -0.15) is 0 Å². The van der Waals surface area contributed by atoms with Crippen LogP contribution in [0.1, 0.15) is 25.0 Å². The number of likely N-dealkylation sites (N-methyl/N-ethyl adjacent to an activating group) is 1. The number of nitrogens with zero attached hydrogens (tertiary/aromatic N) is 1. The van der Waals surface area contributed by atoms with Crippen molar-refractivity contribution in [2.75, 3.05) is 7.05 Å². The minimum atomic E-state index is 0.294. The van der Waals surface area contributed by atoms with Crippen molar-refractivity contribution in [3.8, 4) is 0 Å². The first kappa shape index (κ1) is 9.85. The van der Waals surface area contributed by atoms with Gasteiger partial charge in [-0.1, -0.05) is 0 Å². The van der Waals surface area contributed by atoms with Crippen LogP contribution in [0.2, 0.25) is 0 Å². The molecule has 1 aromatic heterocycles. The lowest BCUT2D eigenvalue weighted by molar-refractivity contribution is -0.118. The molecule has 0 aromatic carbocycles. The van der Waals surface area contributed by atoms with Crippen LogP contribution in [0.15, 0.2) is 28.4 Å². The molecule has 2 fully saturated rings. The van der Waals surface area contributed by atoms with Gasteiger partial charge in [0.15, 0.2) is 5.78 Å². The van der Waals surface area contributed by atoms with Gasteiger partial charge >= 0.3 is 0 Å². The lowest BCUT2D eigenvalue weighted by Crippen LogP contribution is -2.41. The predicted octanol–water partition coefficient (Wildman–Crippen LogP) is 2.10. The Bertz CT molecular complexity index is 433. The Morgan fingerprint density at radius 3 is 3.12 bits per heavy atom. The Kier molecular flexibility index (Phi) is 2.21. The first-order valence-corrected chi connectivity index (χ1v) is 5.76. The summed E-state index contributed by atoms with van der Waals surface area (Å²) in [6, 6.07) is 4.50. The highest BCUT2D eigenvalue weighted by Crippen LogP contribution is 2.36. The molecule has 2 atom stereocenters. The highest BCUT2D eigenvalue weighted by molar-refractivity contribution is 6.01. The molecular formula is C13H15NO2. The van der Waals surface area contributed by atoms with Crippen LogP contribution in [0, 0.1) is 0 Å². The number of Topliss-reactive ketones (excluding diaryl/α,β-unsaturated/α-hetero) is 1. The van der Waals surface area contributed by atoms with E-state index in [1.807, 2.05) is 18.2 Å². The normalized spacial score (nSPS) is 32.6. The number of hydrogen-bond donors (Lipinski definition) is 0. The number of hydrogen-bond acceptors (Lipinski definition) is 3. The maximum Gasteiger partial charge on any atom is 0.162 e. The standard InChI is InChI=1S/C13H15NO2/c1-14-9-4-5-12(14)11(13(15)7-9)8-10-3-2-6-16-10/h2-3,6,8-9,12H,4-5,7H2,1H3/b11-8+/t9-,12+/m0/s1. The van der Waals surface area contributed by atoms with Gasteiger partial charge in [0.25, 0.3) is 0 Å². The molecule has 3 rings (SSSR count). The molecule has 0 aliphatic carbocycles. The van der Waals surface area contributed by atoms with Crippen molar-refractivity contribution in [1.82, 2.24) is 4.90 Å². The van der Waals surface area contributed by atoms with Crippen molar-refractivity contribution in [3.05, 3.63) is 29.7 Å². The van der Waals surface area contributed by atoms with Gasteiger partial charge in [0, 0.05) is 24.1 Å². The summed E-state index contributed by atoms with van der Waals surface area (Å²) in [5, 5.41) is 0. The summed E-state index contributed by atoms with van der Waals surface area (Å²) < 4.78 is 5.28. The number of fused-ring (bicyclic) bond motifs is 2. The summed E-state index contributed by atoms with van der Waals surface area (Å²) in [5.41, 5.74) is 0.922. The van der Waals surface area contributed by atoms with E-state index in [1.54, 1.807) is 6.26 Å². The van der Waals surface area contributed by atoms with Crippen LogP contribution >= 0.6 is 0 Å². The topological polar surface area (TPSA) is 33.5 Å². The molecule has 0 spiro atoms. The predicted molar refractivity (Wildman–Crippen MR) is 60.9 cm³/mol. The Morgan fingerprint density at radius 2 is 2.38 bits per heavy atom. The Balaban J connectivity index is 1.97. The number of rotatable bonds is 1. The molecule has 3 heteroatoms. The maximum atomic E-state index is 12.0.